The van der Waals surface area contributed by atoms with Gasteiger partial charge in [0.05, 0.1) is 0 Å². The van der Waals surface area contributed by atoms with Gasteiger partial charge in [-0.15, -0.1) is 0 Å². The number of hydrazine groups is 1. The van der Waals surface area contributed by atoms with Gasteiger partial charge in [-0.1, -0.05) is 50.6 Å². The Morgan fingerprint density at radius 2 is 1.81 bits per heavy atom. The largest absolute Gasteiger partial charge is 0.271 e. The van der Waals surface area contributed by atoms with Crippen LogP contribution in [0.1, 0.15) is 52.0 Å². The number of hydrogen-bond donors (Lipinski definition) is 2. The monoisotopic (exact) mass is 308 g/mol. The Balaban J connectivity index is 1.96. The minimum Gasteiger partial charge on any atom is -0.271 e. The van der Waals surface area contributed by atoms with Gasteiger partial charge in [-0.05, 0) is 61.0 Å². The number of nitrogens with one attached hydrogen (secondary N) is 1. The van der Waals surface area contributed by atoms with E-state index < -0.39 is 0 Å². The summed E-state index contributed by atoms with van der Waals surface area (Å²) < 4.78 is 0. The first kappa shape index (κ1) is 16.8. The van der Waals surface area contributed by atoms with E-state index in [2.05, 4.69) is 32.3 Å². The second-order valence-electron chi connectivity index (χ2n) is 7.55. The highest BCUT2D eigenvalue weighted by Crippen LogP contribution is 2.41. The Kier molecular flexibility index (Phi) is 5.70. The van der Waals surface area contributed by atoms with Crippen molar-refractivity contribution in [1.29, 1.82) is 0 Å². The zero-order valence-corrected chi connectivity index (χ0v) is 14.3. The molecule has 0 aliphatic heterocycles. The van der Waals surface area contributed by atoms with Gasteiger partial charge in [-0.3, -0.25) is 11.3 Å². The van der Waals surface area contributed by atoms with Crippen LogP contribution in [0.25, 0.3) is 0 Å². The summed E-state index contributed by atoms with van der Waals surface area (Å²) in [6.07, 6.45) is 6.08. The van der Waals surface area contributed by atoms with Crippen LogP contribution in [0, 0.1) is 17.3 Å². The van der Waals surface area contributed by atoms with Crippen molar-refractivity contribution in [3.05, 3.63) is 34.9 Å². The number of benzene rings is 1. The van der Waals surface area contributed by atoms with Gasteiger partial charge in [0, 0.05) is 11.1 Å². The third kappa shape index (κ3) is 4.45. The van der Waals surface area contributed by atoms with E-state index in [4.69, 9.17) is 17.4 Å². The van der Waals surface area contributed by atoms with Gasteiger partial charge in [0.2, 0.25) is 0 Å². The Labute approximate surface area is 134 Å². The molecule has 0 radical (unpaired) electrons. The van der Waals surface area contributed by atoms with Crippen molar-refractivity contribution < 1.29 is 0 Å². The summed E-state index contributed by atoms with van der Waals surface area (Å²) >= 11 is 6.28. The smallest absolute Gasteiger partial charge is 0.0438 e. The van der Waals surface area contributed by atoms with Gasteiger partial charge in [0.25, 0.3) is 0 Å². The second-order valence-corrected chi connectivity index (χ2v) is 7.95. The highest BCUT2D eigenvalue weighted by atomic mass is 35.5. The van der Waals surface area contributed by atoms with Gasteiger partial charge in [-0.2, -0.15) is 0 Å². The molecular weight excluding hydrogens is 280 g/mol. The van der Waals surface area contributed by atoms with E-state index in [1.54, 1.807) is 0 Å². The summed E-state index contributed by atoms with van der Waals surface area (Å²) in [5.74, 6) is 7.33. The average Bonchev–Trinajstić information content (AvgIpc) is 2.46. The Hall–Kier alpha value is -0.570. The Morgan fingerprint density at radius 3 is 2.33 bits per heavy atom. The SMILES string of the molecule is CC(C)(C)C1CCC(C(Cc2ccccc2Cl)NN)CC1. The van der Waals surface area contributed by atoms with Crippen molar-refractivity contribution in [2.45, 2.75) is 58.9 Å². The number of rotatable bonds is 4. The predicted molar refractivity (Wildman–Crippen MR) is 91.2 cm³/mol. The molecule has 0 bridgehead atoms. The van der Waals surface area contributed by atoms with Crippen LogP contribution < -0.4 is 11.3 Å². The molecule has 1 unspecified atom stereocenters. The van der Waals surface area contributed by atoms with E-state index in [-0.39, 0.29) is 0 Å². The zero-order valence-electron chi connectivity index (χ0n) is 13.5. The van der Waals surface area contributed by atoms with Gasteiger partial charge in [-0.25, -0.2) is 0 Å². The summed E-state index contributed by atoms with van der Waals surface area (Å²) in [7, 11) is 0. The van der Waals surface area contributed by atoms with Crippen molar-refractivity contribution >= 4 is 11.6 Å². The number of hydrogen-bond acceptors (Lipinski definition) is 2. The molecule has 0 heterocycles. The maximum absolute atomic E-state index is 6.28. The first-order valence-electron chi connectivity index (χ1n) is 8.11. The molecule has 1 aromatic carbocycles. The molecule has 1 atom stereocenters. The third-order valence-electron chi connectivity index (χ3n) is 5.18. The third-order valence-corrected chi connectivity index (χ3v) is 5.55. The lowest BCUT2D eigenvalue weighted by Gasteiger charge is -2.39. The fourth-order valence-electron chi connectivity index (χ4n) is 3.65. The standard InChI is InChI=1S/C18H29ClN2/c1-18(2,3)15-10-8-13(9-11-15)17(21-20)12-14-6-4-5-7-16(14)19/h4-7,13,15,17,21H,8-12,20H2,1-3H3. The van der Waals surface area contributed by atoms with Crippen molar-refractivity contribution in [3.8, 4) is 0 Å². The van der Waals surface area contributed by atoms with Crippen LogP contribution in [0.2, 0.25) is 5.02 Å². The van der Waals surface area contributed by atoms with Crippen LogP contribution in [0.4, 0.5) is 0 Å². The summed E-state index contributed by atoms with van der Waals surface area (Å²) in [4.78, 5) is 0. The van der Waals surface area contributed by atoms with Crippen molar-refractivity contribution in [2.24, 2.45) is 23.1 Å². The Bertz CT molecular complexity index is 445. The minimum absolute atomic E-state index is 0.325. The van der Waals surface area contributed by atoms with E-state index in [1.165, 1.54) is 31.2 Å². The topological polar surface area (TPSA) is 38.0 Å². The molecule has 2 nitrogen and oxygen atoms in total. The Morgan fingerprint density at radius 1 is 1.19 bits per heavy atom. The van der Waals surface area contributed by atoms with Crippen LogP contribution in [-0.2, 0) is 6.42 Å². The quantitative estimate of drug-likeness (QED) is 0.632. The molecule has 0 aromatic heterocycles. The molecular formula is C18H29ClN2. The highest BCUT2D eigenvalue weighted by Gasteiger charge is 2.32. The average molecular weight is 309 g/mol. The molecule has 2 rings (SSSR count). The maximum atomic E-state index is 6.28. The van der Waals surface area contributed by atoms with Crippen LogP contribution in [0.5, 0.6) is 0 Å². The van der Waals surface area contributed by atoms with Crippen LogP contribution in [-0.4, -0.2) is 6.04 Å². The molecule has 3 N–H and O–H groups in total. The normalized spacial score (nSPS) is 24.8. The number of nitrogens with two attached hydrogens (primary N) is 1. The van der Waals surface area contributed by atoms with Crippen LogP contribution in [0.15, 0.2) is 24.3 Å². The van der Waals surface area contributed by atoms with Gasteiger partial charge >= 0.3 is 0 Å². The van der Waals surface area contributed by atoms with Crippen molar-refractivity contribution in [2.75, 3.05) is 0 Å². The fraction of sp³-hybridized carbons (Fsp3) is 0.667. The molecule has 1 aliphatic rings. The molecule has 1 saturated carbocycles. The first-order chi connectivity index (χ1) is 9.91. The molecule has 0 amide bonds. The van der Waals surface area contributed by atoms with Crippen LogP contribution >= 0.6 is 11.6 Å². The molecule has 1 aromatic rings. The first-order valence-corrected chi connectivity index (χ1v) is 8.49. The fourth-order valence-corrected chi connectivity index (χ4v) is 3.86. The van der Waals surface area contributed by atoms with E-state index in [0.29, 0.717) is 17.4 Å². The van der Waals surface area contributed by atoms with Gasteiger partial charge in [0.1, 0.15) is 0 Å². The number of halogens is 1. The summed E-state index contributed by atoms with van der Waals surface area (Å²) in [5, 5.41) is 0.848. The van der Waals surface area contributed by atoms with Crippen LogP contribution in [0.3, 0.4) is 0 Å². The minimum atomic E-state index is 0.325. The molecule has 3 heteroatoms. The molecule has 0 spiro atoms. The van der Waals surface area contributed by atoms with Crippen molar-refractivity contribution in [1.82, 2.24) is 5.43 Å². The predicted octanol–water partition coefficient (Wildman–Crippen LogP) is 4.57. The summed E-state index contributed by atoms with van der Waals surface area (Å²) in [6.45, 7) is 7.08. The highest BCUT2D eigenvalue weighted by molar-refractivity contribution is 6.31. The molecule has 1 aliphatic carbocycles. The lowest BCUT2D eigenvalue weighted by molar-refractivity contribution is 0.132. The summed E-state index contributed by atoms with van der Waals surface area (Å²) in [6, 6.07) is 8.41. The molecule has 0 saturated heterocycles. The van der Waals surface area contributed by atoms with E-state index in [9.17, 15) is 0 Å². The van der Waals surface area contributed by atoms with E-state index in [1.807, 2.05) is 18.2 Å². The second kappa shape index (κ2) is 7.13. The lowest BCUT2D eigenvalue weighted by atomic mass is 9.68. The van der Waals surface area contributed by atoms with Crippen molar-refractivity contribution in [3.63, 3.8) is 0 Å². The summed E-state index contributed by atoms with van der Waals surface area (Å²) in [5.41, 5.74) is 4.67. The zero-order chi connectivity index (χ0) is 15.5. The van der Waals surface area contributed by atoms with Gasteiger partial charge in [0.15, 0.2) is 0 Å². The van der Waals surface area contributed by atoms with E-state index >= 15 is 0 Å². The molecule has 21 heavy (non-hydrogen) atoms. The maximum Gasteiger partial charge on any atom is 0.0438 e. The molecule has 1 fully saturated rings. The molecule has 118 valence electrons. The van der Waals surface area contributed by atoms with E-state index in [0.717, 1.165) is 17.4 Å². The lowest BCUT2D eigenvalue weighted by Crippen LogP contribution is -2.44. The van der Waals surface area contributed by atoms with Gasteiger partial charge < -0.3 is 0 Å².